The lowest BCUT2D eigenvalue weighted by molar-refractivity contribution is 0.340. The molecule has 0 spiro atoms. The normalized spacial score (nSPS) is 25.3. The summed E-state index contributed by atoms with van der Waals surface area (Å²) in [7, 11) is -3.40. The highest BCUT2D eigenvalue weighted by atomic mass is 35.5. The molecule has 2 aliphatic rings. The monoisotopic (exact) mass is 346 g/mol. The number of ether oxygens (including phenoxy) is 1. The Hall–Kier alpha value is -0.820. The van der Waals surface area contributed by atoms with Crippen molar-refractivity contribution in [2.24, 2.45) is 0 Å². The van der Waals surface area contributed by atoms with Crippen molar-refractivity contribution in [3.05, 3.63) is 24.3 Å². The SMILES string of the molecule is CCOc1ccc(S(=O)(=O)N2CCC3CCC(C2)N3)cc1.Cl. The third-order valence-electron chi connectivity index (χ3n) is 4.26. The Bertz CT molecular complexity index is 591. The van der Waals surface area contributed by atoms with Gasteiger partial charge in [-0.25, -0.2) is 8.42 Å². The highest BCUT2D eigenvalue weighted by molar-refractivity contribution is 7.89. The second kappa shape index (κ2) is 7.17. The fourth-order valence-electron chi connectivity index (χ4n) is 3.15. The van der Waals surface area contributed by atoms with Crippen LogP contribution in [-0.2, 0) is 10.0 Å². The molecule has 2 heterocycles. The van der Waals surface area contributed by atoms with Crippen molar-refractivity contribution in [3.63, 3.8) is 0 Å². The summed E-state index contributed by atoms with van der Waals surface area (Å²) in [6.45, 7) is 3.66. The molecule has 2 fully saturated rings. The minimum atomic E-state index is -3.40. The number of hydrogen-bond donors (Lipinski definition) is 1. The van der Waals surface area contributed by atoms with E-state index >= 15 is 0 Å². The molecule has 0 saturated carbocycles. The molecule has 0 aliphatic carbocycles. The number of halogens is 1. The summed E-state index contributed by atoms with van der Waals surface area (Å²) in [5, 5.41) is 3.51. The van der Waals surface area contributed by atoms with Crippen LogP contribution >= 0.6 is 12.4 Å². The van der Waals surface area contributed by atoms with Crippen molar-refractivity contribution in [3.8, 4) is 5.75 Å². The molecule has 1 aromatic rings. The maximum Gasteiger partial charge on any atom is 0.243 e. The Morgan fingerprint density at radius 3 is 2.55 bits per heavy atom. The second-order valence-corrected chi connectivity index (χ2v) is 7.63. The Morgan fingerprint density at radius 2 is 1.86 bits per heavy atom. The van der Waals surface area contributed by atoms with Crippen LogP contribution < -0.4 is 10.1 Å². The molecule has 1 N–H and O–H groups in total. The average molecular weight is 347 g/mol. The van der Waals surface area contributed by atoms with E-state index < -0.39 is 10.0 Å². The van der Waals surface area contributed by atoms with Gasteiger partial charge in [-0.05, 0) is 50.5 Å². The molecule has 2 aliphatic heterocycles. The van der Waals surface area contributed by atoms with E-state index in [-0.39, 0.29) is 12.4 Å². The minimum absolute atomic E-state index is 0. The first-order chi connectivity index (χ1) is 10.1. The summed E-state index contributed by atoms with van der Waals surface area (Å²) >= 11 is 0. The van der Waals surface area contributed by atoms with Crippen LogP contribution in [0.1, 0.15) is 26.2 Å². The summed E-state index contributed by atoms with van der Waals surface area (Å²) in [4.78, 5) is 0.351. The van der Waals surface area contributed by atoms with Crippen molar-refractivity contribution in [1.29, 1.82) is 0 Å². The summed E-state index contributed by atoms with van der Waals surface area (Å²) in [6, 6.07) is 7.50. The second-order valence-electron chi connectivity index (χ2n) is 5.69. The Kier molecular flexibility index (Phi) is 5.71. The molecule has 3 rings (SSSR count). The molecule has 0 amide bonds. The minimum Gasteiger partial charge on any atom is -0.494 e. The highest BCUT2D eigenvalue weighted by Gasteiger charge is 2.34. The van der Waals surface area contributed by atoms with Gasteiger partial charge in [-0.3, -0.25) is 0 Å². The fraction of sp³-hybridized carbons (Fsp3) is 0.600. The first-order valence-corrected chi connectivity index (χ1v) is 9.02. The fourth-order valence-corrected chi connectivity index (χ4v) is 4.65. The molecule has 124 valence electrons. The van der Waals surface area contributed by atoms with E-state index in [1.54, 1.807) is 28.6 Å². The van der Waals surface area contributed by atoms with Crippen LogP contribution in [0, 0.1) is 0 Å². The van der Waals surface area contributed by atoms with Gasteiger partial charge in [0.2, 0.25) is 10.0 Å². The Balaban J connectivity index is 0.00000176. The van der Waals surface area contributed by atoms with Crippen LogP contribution in [-0.4, -0.2) is 44.5 Å². The number of hydrogen-bond acceptors (Lipinski definition) is 4. The summed E-state index contributed by atoms with van der Waals surface area (Å²) in [5.74, 6) is 0.702. The largest absolute Gasteiger partial charge is 0.494 e. The zero-order valence-corrected chi connectivity index (χ0v) is 14.3. The van der Waals surface area contributed by atoms with Crippen LogP contribution in [0.5, 0.6) is 5.75 Å². The number of sulfonamides is 1. The molecule has 22 heavy (non-hydrogen) atoms. The molecule has 2 bridgehead atoms. The smallest absolute Gasteiger partial charge is 0.243 e. The zero-order chi connectivity index (χ0) is 14.9. The average Bonchev–Trinajstić information content (AvgIpc) is 2.78. The van der Waals surface area contributed by atoms with Crippen molar-refractivity contribution >= 4 is 22.4 Å². The van der Waals surface area contributed by atoms with E-state index in [0.29, 0.717) is 42.4 Å². The number of nitrogens with one attached hydrogen (secondary N) is 1. The molecular formula is C15H23ClN2O3S. The Labute approximate surface area is 138 Å². The van der Waals surface area contributed by atoms with Gasteiger partial charge in [-0.15, -0.1) is 12.4 Å². The lowest BCUT2D eigenvalue weighted by atomic mass is 10.1. The van der Waals surface area contributed by atoms with E-state index in [9.17, 15) is 8.42 Å². The molecule has 2 saturated heterocycles. The molecule has 0 radical (unpaired) electrons. The lowest BCUT2D eigenvalue weighted by Crippen LogP contribution is -2.39. The van der Waals surface area contributed by atoms with E-state index in [1.165, 1.54) is 6.42 Å². The van der Waals surface area contributed by atoms with Crippen LogP contribution in [0.15, 0.2) is 29.2 Å². The van der Waals surface area contributed by atoms with Gasteiger partial charge in [0.05, 0.1) is 11.5 Å². The predicted molar refractivity (Wildman–Crippen MR) is 88.2 cm³/mol. The van der Waals surface area contributed by atoms with Crippen molar-refractivity contribution in [2.75, 3.05) is 19.7 Å². The third-order valence-corrected chi connectivity index (χ3v) is 6.14. The standard InChI is InChI=1S/C15H22N2O3S.ClH/c1-2-20-14-5-7-15(8-6-14)21(18,19)17-10-9-12-3-4-13(11-17)16-12;/h5-8,12-13,16H,2-4,9-11H2,1H3;1H. The lowest BCUT2D eigenvalue weighted by Gasteiger charge is -2.23. The predicted octanol–water partition coefficient (Wildman–Crippen LogP) is 2.02. The van der Waals surface area contributed by atoms with Gasteiger partial charge in [0.25, 0.3) is 0 Å². The van der Waals surface area contributed by atoms with Crippen LogP contribution in [0.25, 0.3) is 0 Å². The summed E-state index contributed by atoms with van der Waals surface area (Å²) < 4.78 is 32.5. The maximum atomic E-state index is 12.7. The number of nitrogens with zero attached hydrogens (tertiary/aromatic N) is 1. The molecule has 7 heteroatoms. The van der Waals surface area contributed by atoms with E-state index in [4.69, 9.17) is 4.74 Å². The topological polar surface area (TPSA) is 58.6 Å². The van der Waals surface area contributed by atoms with Gasteiger partial charge >= 0.3 is 0 Å². The quantitative estimate of drug-likeness (QED) is 0.906. The van der Waals surface area contributed by atoms with Gasteiger partial charge in [-0.2, -0.15) is 4.31 Å². The summed E-state index contributed by atoms with van der Waals surface area (Å²) in [5.41, 5.74) is 0. The van der Waals surface area contributed by atoms with Gasteiger partial charge in [0, 0.05) is 25.2 Å². The van der Waals surface area contributed by atoms with Gasteiger partial charge < -0.3 is 10.1 Å². The number of benzene rings is 1. The highest BCUT2D eigenvalue weighted by Crippen LogP contribution is 2.26. The molecule has 1 aromatic carbocycles. The first kappa shape index (κ1) is 17.5. The van der Waals surface area contributed by atoms with Crippen molar-refractivity contribution in [1.82, 2.24) is 9.62 Å². The van der Waals surface area contributed by atoms with E-state index in [2.05, 4.69) is 5.32 Å². The van der Waals surface area contributed by atoms with Crippen LogP contribution in [0.4, 0.5) is 0 Å². The molecule has 5 nitrogen and oxygen atoms in total. The van der Waals surface area contributed by atoms with E-state index in [1.807, 2.05) is 6.92 Å². The van der Waals surface area contributed by atoms with E-state index in [0.717, 1.165) is 12.8 Å². The Morgan fingerprint density at radius 1 is 1.18 bits per heavy atom. The molecular weight excluding hydrogens is 324 g/mol. The van der Waals surface area contributed by atoms with Crippen LogP contribution in [0.3, 0.4) is 0 Å². The molecule has 2 atom stereocenters. The third kappa shape index (κ3) is 3.56. The van der Waals surface area contributed by atoms with Crippen LogP contribution in [0.2, 0.25) is 0 Å². The maximum absolute atomic E-state index is 12.7. The van der Waals surface area contributed by atoms with Gasteiger partial charge in [-0.1, -0.05) is 0 Å². The summed E-state index contributed by atoms with van der Waals surface area (Å²) in [6.07, 6.45) is 3.13. The number of fused-ring (bicyclic) bond motifs is 2. The first-order valence-electron chi connectivity index (χ1n) is 7.58. The van der Waals surface area contributed by atoms with Gasteiger partial charge in [0.1, 0.15) is 5.75 Å². The molecule has 0 aromatic heterocycles. The number of rotatable bonds is 4. The molecule has 2 unspecified atom stereocenters. The van der Waals surface area contributed by atoms with Gasteiger partial charge in [0.15, 0.2) is 0 Å². The van der Waals surface area contributed by atoms with Crippen molar-refractivity contribution < 1.29 is 13.2 Å². The zero-order valence-electron chi connectivity index (χ0n) is 12.7. The van der Waals surface area contributed by atoms with Crippen molar-refractivity contribution in [2.45, 2.75) is 43.2 Å².